The van der Waals surface area contributed by atoms with Crippen molar-refractivity contribution in [3.63, 3.8) is 0 Å². The van der Waals surface area contributed by atoms with Gasteiger partial charge in [0.05, 0.1) is 4.92 Å². The molecule has 1 aromatic heterocycles. The first-order chi connectivity index (χ1) is 14.5. The lowest BCUT2D eigenvalue weighted by Crippen LogP contribution is -2.43. The molecule has 9 nitrogen and oxygen atoms in total. The molecule has 0 saturated carbocycles. The fourth-order valence-electron chi connectivity index (χ4n) is 3.36. The summed E-state index contributed by atoms with van der Waals surface area (Å²) in [4.78, 5) is 37.6. The highest BCUT2D eigenvalue weighted by Gasteiger charge is 2.35. The van der Waals surface area contributed by atoms with E-state index in [0.29, 0.717) is 29.5 Å². The standard InChI is InChI=1S/C20H17N5O4S/c26-17(21-20-23-22-18(30-20)13-6-2-1-3-7-13)16-10-5-11-24(16)19(27)14-8-4-9-15(12-14)25(28)29/h1-4,6-9,12,16H,5,10-11H2,(H,21,23,26)/t16-/m1/s1. The molecule has 0 unspecified atom stereocenters. The Bertz CT molecular complexity index is 1100. The Morgan fingerprint density at radius 1 is 1.13 bits per heavy atom. The number of hydrogen-bond donors (Lipinski definition) is 1. The van der Waals surface area contributed by atoms with Gasteiger partial charge in [0.2, 0.25) is 11.0 Å². The smallest absolute Gasteiger partial charge is 0.270 e. The van der Waals surface area contributed by atoms with Crippen LogP contribution >= 0.6 is 11.3 Å². The lowest BCUT2D eigenvalue weighted by molar-refractivity contribution is -0.384. The monoisotopic (exact) mass is 423 g/mol. The third-order valence-corrected chi connectivity index (χ3v) is 5.68. The van der Waals surface area contributed by atoms with Gasteiger partial charge in [0.15, 0.2) is 0 Å². The Balaban J connectivity index is 1.48. The molecule has 1 fully saturated rings. The van der Waals surface area contributed by atoms with Gasteiger partial charge in [-0.15, -0.1) is 10.2 Å². The number of likely N-dealkylation sites (tertiary alicyclic amines) is 1. The summed E-state index contributed by atoms with van der Waals surface area (Å²) < 4.78 is 0. The molecule has 0 spiro atoms. The molecule has 2 heterocycles. The maximum Gasteiger partial charge on any atom is 0.270 e. The minimum Gasteiger partial charge on any atom is -0.327 e. The van der Waals surface area contributed by atoms with Gasteiger partial charge in [-0.2, -0.15) is 0 Å². The quantitative estimate of drug-likeness (QED) is 0.497. The van der Waals surface area contributed by atoms with Crippen LogP contribution < -0.4 is 5.32 Å². The van der Waals surface area contributed by atoms with E-state index in [1.54, 1.807) is 0 Å². The number of carbonyl (C=O) groups excluding carboxylic acids is 2. The molecule has 2 amide bonds. The molecule has 0 radical (unpaired) electrons. The van der Waals surface area contributed by atoms with E-state index in [9.17, 15) is 19.7 Å². The van der Waals surface area contributed by atoms with Crippen molar-refractivity contribution in [3.05, 3.63) is 70.3 Å². The van der Waals surface area contributed by atoms with Gasteiger partial charge in [-0.25, -0.2) is 0 Å². The van der Waals surface area contributed by atoms with Gasteiger partial charge >= 0.3 is 0 Å². The van der Waals surface area contributed by atoms with Gasteiger partial charge in [-0.3, -0.25) is 25.0 Å². The van der Waals surface area contributed by atoms with Gasteiger partial charge in [-0.1, -0.05) is 47.7 Å². The minimum atomic E-state index is -0.666. The maximum atomic E-state index is 12.9. The Kier molecular flexibility index (Phi) is 5.48. The van der Waals surface area contributed by atoms with E-state index < -0.39 is 16.9 Å². The predicted molar refractivity (Wildman–Crippen MR) is 111 cm³/mol. The summed E-state index contributed by atoms with van der Waals surface area (Å²) in [5, 5.41) is 22.9. The molecule has 2 aromatic carbocycles. The number of nitro benzene ring substituents is 1. The molecule has 1 aliphatic rings. The summed E-state index contributed by atoms with van der Waals surface area (Å²) in [5.74, 6) is -0.749. The van der Waals surface area contributed by atoms with Crippen molar-refractivity contribution >= 4 is 34.0 Å². The number of hydrogen-bond acceptors (Lipinski definition) is 7. The molecular weight excluding hydrogens is 406 g/mol. The van der Waals surface area contributed by atoms with Crippen LogP contribution in [0.25, 0.3) is 10.6 Å². The first kappa shape index (κ1) is 19.6. The molecule has 1 saturated heterocycles. The molecule has 152 valence electrons. The number of nitro groups is 1. The number of non-ortho nitro benzene ring substituents is 1. The molecule has 4 rings (SSSR count). The second kappa shape index (κ2) is 8.37. The minimum absolute atomic E-state index is 0.164. The van der Waals surface area contributed by atoms with Crippen LogP contribution in [0.15, 0.2) is 54.6 Å². The Labute approximate surface area is 175 Å². The molecule has 1 N–H and O–H groups in total. The Hall–Kier alpha value is -3.66. The van der Waals surface area contributed by atoms with Crippen molar-refractivity contribution in [3.8, 4) is 10.6 Å². The van der Waals surface area contributed by atoms with Crippen LogP contribution in [-0.2, 0) is 4.79 Å². The highest BCUT2D eigenvalue weighted by atomic mass is 32.1. The van der Waals surface area contributed by atoms with Crippen LogP contribution in [0.2, 0.25) is 0 Å². The molecule has 0 aliphatic carbocycles. The number of nitrogens with zero attached hydrogens (tertiary/aromatic N) is 4. The largest absolute Gasteiger partial charge is 0.327 e. The van der Waals surface area contributed by atoms with E-state index in [4.69, 9.17) is 0 Å². The molecular formula is C20H17N5O4S. The summed E-state index contributed by atoms with van der Waals surface area (Å²) in [6.07, 6.45) is 1.18. The van der Waals surface area contributed by atoms with Crippen molar-refractivity contribution < 1.29 is 14.5 Å². The zero-order valence-corrected chi connectivity index (χ0v) is 16.5. The van der Waals surface area contributed by atoms with Crippen LogP contribution in [0.3, 0.4) is 0 Å². The van der Waals surface area contributed by atoms with E-state index in [1.165, 1.54) is 40.5 Å². The highest BCUT2D eigenvalue weighted by molar-refractivity contribution is 7.18. The Morgan fingerprint density at radius 3 is 2.70 bits per heavy atom. The lowest BCUT2D eigenvalue weighted by Gasteiger charge is -2.23. The zero-order valence-electron chi connectivity index (χ0n) is 15.7. The fourth-order valence-corrected chi connectivity index (χ4v) is 4.11. The molecule has 1 aliphatic heterocycles. The summed E-state index contributed by atoms with van der Waals surface area (Å²) in [5.41, 5.74) is 0.924. The van der Waals surface area contributed by atoms with Crippen LogP contribution in [0.1, 0.15) is 23.2 Å². The predicted octanol–water partition coefficient (Wildman–Crippen LogP) is 3.36. The highest BCUT2D eigenvalue weighted by Crippen LogP contribution is 2.28. The molecule has 10 heteroatoms. The number of aromatic nitrogens is 2. The van der Waals surface area contributed by atoms with Crippen molar-refractivity contribution in [2.45, 2.75) is 18.9 Å². The van der Waals surface area contributed by atoms with Gasteiger partial charge in [-0.05, 0) is 18.9 Å². The van der Waals surface area contributed by atoms with Gasteiger partial charge in [0.25, 0.3) is 11.6 Å². The van der Waals surface area contributed by atoms with E-state index in [2.05, 4.69) is 15.5 Å². The lowest BCUT2D eigenvalue weighted by atomic mass is 10.1. The van der Waals surface area contributed by atoms with Gasteiger partial charge in [0.1, 0.15) is 11.0 Å². The first-order valence-electron chi connectivity index (χ1n) is 9.28. The van der Waals surface area contributed by atoms with Gasteiger partial charge in [0, 0.05) is 29.8 Å². The van der Waals surface area contributed by atoms with Crippen LogP contribution in [0.4, 0.5) is 10.8 Å². The second-order valence-corrected chi connectivity index (χ2v) is 7.71. The average Bonchev–Trinajstić information content (AvgIpc) is 3.44. The first-order valence-corrected chi connectivity index (χ1v) is 10.1. The van der Waals surface area contributed by atoms with Gasteiger partial charge < -0.3 is 4.90 Å². The van der Waals surface area contributed by atoms with Crippen molar-refractivity contribution in [2.24, 2.45) is 0 Å². The Morgan fingerprint density at radius 2 is 1.93 bits per heavy atom. The van der Waals surface area contributed by atoms with Crippen molar-refractivity contribution in [1.82, 2.24) is 15.1 Å². The van der Waals surface area contributed by atoms with E-state index in [-0.39, 0.29) is 17.2 Å². The van der Waals surface area contributed by atoms with Crippen molar-refractivity contribution in [2.75, 3.05) is 11.9 Å². The number of rotatable bonds is 5. The van der Waals surface area contributed by atoms with Crippen LogP contribution in [0, 0.1) is 10.1 Å². The normalized spacial score (nSPS) is 15.7. The second-order valence-electron chi connectivity index (χ2n) is 6.73. The topological polar surface area (TPSA) is 118 Å². The number of anilines is 1. The summed E-state index contributed by atoms with van der Waals surface area (Å²) in [6.45, 7) is 0.408. The number of carbonyl (C=O) groups is 2. The van der Waals surface area contributed by atoms with E-state index >= 15 is 0 Å². The average molecular weight is 423 g/mol. The zero-order chi connectivity index (χ0) is 21.1. The van der Waals surface area contributed by atoms with Crippen LogP contribution in [-0.4, -0.2) is 44.4 Å². The summed E-state index contributed by atoms with van der Waals surface area (Å²) in [7, 11) is 0. The third kappa shape index (κ3) is 4.03. The molecule has 3 aromatic rings. The number of nitrogens with one attached hydrogen (secondary N) is 1. The number of amides is 2. The molecule has 30 heavy (non-hydrogen) atoms. The molecule has 1 atom stereocenters. The summed E-state index contributed by atoms with van der Waals surface area (Å²) in [6, 6.07) is 14.4. The number of benzene rings is 2. The van der Waals surface area contributed by atoms with Crippen molar-refractivity contribution in [1.29, 1.82) is 0 Å². The SMILES string of the molecule is O=C(Nc1nnc(-c2ccccc2)s1)[C@H]1CCCN1C(=O)c1cccc([N+](=O)[O-])c1. The fraction of sp³-hybridized carbons (Fsp3) is 0.200. The third-order valence-electron chi connectivity index (χ3n) is 4.80. The van der Waals surface area contributed by atoms with E-state index in [1.807, 2.05) is 30.3 Å². The summed E-state index contributed by atoms with van der Waals surface area (Å²) >= 11 is 1.25. The van der Waals surface area contributed by atoms with E-state index in [0.717, 1.165) is 5.56 Å². The van der Waals surface area contributed by atoms with Crippen LogP contribution in [0.5, 0.6) is 0 Å². The molecule has 0 bridgehead atoms. The maximum absolute atomic E-state index is 12.9.